The molecule has 30 heavy (non-hydrogen) atoms. The van der Waals surface area contributed by atoms with E-state index in [-0.39, 0.29) is 24.0 Å². The van der Waals surface area contributed by atoms with Crippen LogP contribution in [0.5, 0.6) is 5.75 Å². The zero-order valence-electron chi connectivity index (χ0n) is 17.5. The quantitative estimate of drug-likeness (QED) is 0.668. The summed E-state index contributed by atoms with van der Waals surface area (Å²) in [4.78, 5) is 27.5. The third-order valence-electron chi connectivity index (χ3n) is 5.30. The fraction of sp³-hybridized carbons (Fsp3) is 0.333. The van der Waals surface area contributed by atoms with Gasteiger partial charge in [-0.2, -0.15) is 0 Å². The van der Waals surface area contributed by atoms with E-state index in [1.807, 2.05) is 43.3 Å². The first-order valence-corrected chi connectivity index (χ1v) is 10.5. The number of hydrogen-bond donors (Lipinski definition) is 1. The molecule has 0 fully saturated rings. The monoisotopic (exact) mass is 426 g/mol. The lowest BCUT2D eigenvalue weighted by atomic mass is 10.0. The van der Waals surface area contributed by atoms with Gasteiger partial charge in [-0.05, 0) is 50.1 Å². The largest absolute Gasteiger partial charge is 0.490 e. The highest BCUT2D eigenvalue weighted by atomic mass is 35.5. The normalized spacial score (nSPS) is 24.3. The Balaban J connectivity index is 1.93. The van der Waals surface area contributed by atoms with Crippen molar-refractivity contribution in [3.05, 3.63) is 76.8 Å². The van der Waals surface area contributed by atoms with Gasteiger partial charge < -0.3 is 15.0 Å². The second-order valence-corrected chi connectivity index (χ2v) is 8.01. The maximum absolute atomic E-state index is 13.1. The summed E-state index contributed by atoms with van der Waals surface area (Å²) in [5, 5.41) is 3.69. The molecule has 0 saturated carbocycles. The number of para-hydroxylation sites is 1. The minimum atomic E-state index is -0.656. The number of hydrogen-bond acceptors (Lipinski definition) is 3. The van der Waals surface area contributed by atoms with Crippen LogP contribution < -0.4 is 10.1 Å². The molecule has 1 aliphatic heterocycles. The lowest BCUT2D eigenvalue weighted by Crippen LogP contribution is -2.47. The Morgan fingerprint density at radius 1 is 1.03 bits per heavy atom. The summed E-state index contributed by atoms with van der Waals surface area (Å²) in [6, 6.07) is 13.7. The Kier molecular flexibility index (Phi) is 7.16. The Labute approximate surface area is 182 Å². The van der Waals surface area contributed by atoms with Gasteiger partial charge in [0, 0.05) is 18.5 Å². The Morgan fingerprint density at radius 3 is 2.53 bits per heavy atom. The first-order chi connectivity index (χ1) is 14.4. The Morgan fingerprint density at radius 2 is 1.77 bits per heavy atom. The number of ether oxygens (including phenoxy) is 1. The van der Waals surface area contributed by atoms with E-state index in [1.165, 1.54) is 4.90 Å². The number of likely N-dealkylation sites (N-methyl/N-ethyl adjacent to an activating group) is 1. The van der Waals surface area contributed by atoms with Crippen LogP contribution in [-0.4, -0.2) is 35.9 Å². The van der Waals surface area contributed by atoms with Gasteiger partial charge >= 0.3 is 0 Å². The van der Waals surface area contributed by atoms with E-state index in [1.54, 1.807) is 38.2 Å². The second kappa shape index (κ2) is 9.81. The minimum absolute atomic E-state index is 0.0971. The zero-order chi connectivity index (χ0) is 21.7. The third kappa shape index (κ3) is 5.22. The number of nitrogens with zero attached hydrogens (tertiary/aromatic N) is 1. The molecule has 3 rings (SSSR count). The summed E-state index contributed by atoms with van der Waals surface area (Å²) in [5.74, 6) is 0.0390. The average Bonchev–Trinajstić information content (AvgIpc) is 2.74. The highest BCUT2D eigenvalue weighted by molar-refractivity contribution is 6.30. The molecule has 1 heterocycles. The van der Waals surface area contributed by atoms with Crippen molar-refractivity contribution in [3.63, 3.8) is 0 Å². The molecular weight excluding hydrogens is 400 g/mol. The van der Waals surface area contributed by atoms with Crippen molar-refractivity contribution >= 4 is 23.4 Å². The molecule has 158 valence electrons. The SMILES string of the molecule is C[C@@H]1C(=O)N[C@@H](c2cccc(Cl)c2)C/C=C\C[C@H](C)Oc2ccccc2C(=O)N1C. The molecule has 2 aromatic rings. The van der Waals surface area contributed by atoms with Gasteiger partial charge in [0.05, 0.1) is 17.7 Å². The molecule has 0 aliphatic carbocycles. The van der Waals surface area contributed by atoms with Gasteiger partial charge in [-0.15, -0.1) is 0 Å². The Bertz CT molecular complexity index is 944. The van der Waals surface area contributed by atoms with Gasteiger partial charge in [-0.25, -0.2) is 0 Å². The summed E-state index contributed by atoms with van der Waals surface area (Å²) >= 11 is 6.16. The molecule has 0 spiro atoms. The number of halogens is 1. The van der Waals surface area contributed by atoms with Crippen molar-refractivity contribution < 1.29 is 14.3 Å². The topological polar surface area (TPSA) is 58.6 Å². The number of amides is 2. The van der Waals surface area contributed by atoms with Crippen LogP contribution in [0.3, 0.4) is 0 Å². The predicted molar refractivity (Wildman–Crippen MR) is 119 cm³/mol. The van der Waals surface area contributed by atoms with Crippen molar-refractivity contribution in [1.82, 2.24) is 10.2 Å². The molecule has 0 saturated heterocycles. The van der Waals surface area contributed by atoms with Gasteiger partial charge in [0.25, 0.3) is 5.91 Å². The van der Waals surface area contributed by atoms with Crippen LogP contribution >= 0.6 is 11.6 Å². The van der Waals surface area contributed by atoms with Gasteiger partial charge in [0.1, 0.15) is 11.8 Å². The first kappa shape index (κ1) is 21.9. The standard InChI is InChI=1S/C24H27ClN2O3/c1-16-9-4-6-13-21(18-10-8-11-19(25)15-18)26-23(28)17(2)27(3)24(29)20-12-5-7-14-22(20)30-16/h4-8,10-12,14-17,21H,9,13H2,1-3H3,(H,26,28)/b6-4-/t16-,17+,21+/m0/s1. The molecule has 1 N–H and O–H groups in total. The van der Waals surface area contributed by atoms with Crippen LogP contribution in [0.15, 0.2) is 60.7 Å². The fourth-order valence-corrected chi connectivity index (χ4v) is 3.57. The number of carbonyl (C=O) groups excluding carboxylic acids is 2. The summed E-state index contributed by atoms with van der Waals surface area (Å²) in [7, 11) is 1.63. The lowest BCUT2D eigenvalue weighted by Gasteiger charge is -2.28. The smallest absolute Gasteiger partial charge is 0.258 e. The number of rotatable bonds is 1. The van der Waals surface area contributed by atoms with E-state index in [4.69, 9.17) is 16.3 Å². The molecule has 6 heteroatoms. The highest BCUT2D eigenvalue weighted by Crippen LogP contribution is 2.25. The maximum atomic E-state index is 13.1. The molecule has 3 atom stereocenters. The van der Waals surface area contributed by atoms with Crippen LogP contribution in [0.2, 0.25) is 5.02 Å². The fourth-order valence-electron chi connectivity index (χ4n) is 3.37. The van der Waals surface area contributed by atoms with Crippen molar-refractivity contribution in [2.45, 2.75) is 44.9 Å². The van der Waals surface area contributed by atoms with Gasteiger partial charge in [-0.3, -0.25) is 9.59 Å². The lowest BCUT2D eigenvalue weighted by molar-refractivity contribution is -0.125. The van der Waals surface area contributed by atoms with Crippen LogP contribution in [0.4, 0.5) is 0 Å². The molecule has 2 aromatic carbocycles. The molecule has 5 nitrogen and oxygen atoms in total. The van der Waals surface area contributed by atoms with Crippen LogP contribution in [-0.2, 0) is 4.79 Å². The van der Waals surface area contributed by atoms with Crippen molar-refractivity contribution in [2.24, 2.45) is 0 Å². The van der Waals surface area contributed by atoms with E-state index >= 15 is 0 Å². The van der Waals surface area contributed by atoms with E-state index in [0.717, 1.165) is 5.56 Å². The summed E-state index contributed by atoms with van der Waals surface area (Å²) in [6.45, 7) is 3.69. The molecular formula is C24H27ClN2O3. The summed E-state index contributed by atoms with van der Waals surface area (Å²) in [6.07, 6.45) is 5.29. The van der Waals surface area contributed by atoms with Crippen molar-refractivity contribution in [2.75, 3.05) is 7.05 Å². The van der Waals surface area contributed by atoms with E-state index < -0.39 is 6.04 Å². The number of nitrogens with one attached hydrogen (secondary N) is 1. The highest BCUT2D eigenvalue weighted by Gasteiger charge is 2.27. The van der Waals surface area contributed by atoms with Crippen molar-refractivity contribution in [3.8, 4) is 5.75 Å². The van der Waals surface area contributed by atoms with Crippen molar-refractivity contribution in [1.29, 1.82) is 0 Å². The Hall–Kier alpha value is -2.79. The molecule has 0 radical (unpaired) electrons. The van der Waals surface area contributed by atoms with Gasteiger partial charge in [-0.1, -0.05) is 48.0 Å². The number of benzene rings is 2. The summed E-state index contributed by atoms with van der Waals surface area (Å²) < 4.78 is 6.03. The predicted octanol–water partition coefficient (Wildman–Crippen LogP) is 4.78. The van der Waals surface area contributed by atoms with Crippen LogP contribution in [0.25, 0.3) is 0 Å². The van der Waals surface area contributed by atoms with E-state index in [2.05, 4.69) is 5.32 Å². The minimum Gasteiger partial charge on any atom is -0.490 e. The second-order valence-electron chi connectivity index (χ2n) is 7.58. The number of carbonyl (C=O) groups is 2. The van der Waals surface area contributed by atoms with E-state index in [0.29, 0.717) is 29.2 Å². The molecule has 2 amide bonds. The van der Waals surface area contributed by atoms with Gasteiger partial charge in [0.2, 0.25) is 5.91 Å². The first-order valence-electron chi connectivity index (χ1n) is 10.1. The molecule has 0 aromatic heterocycles. The maximum Gasteiger partial charge on any atom is 0.258 e. The molecule has 1 aliphatic rings. The zero-order valence-corrected chi connectivity index (χ0v) is 18.2. The number of fused-ring (bicyclic) bond motifs is 1. The third-order valence-corrected chi connectivity index (χ3v) is 5.54. The van der Waals surface area contributed by atoms with E-state index in [9.17, 15) is 9.59 Å². The van der Waals surface area contributed by atoms with Crippen LogP contribution in [0, 0.1) is 0 Å². The summed E-state index contributed by atoms with van der Waals surface area (Å²) in [5.41, 5.74) is 1.36. The van der Waals surface area contributed by atoms with Gasteiger partial charge in [0.15, 0.2) is 0 Å². The molecule has 0 bridgehead atoms. The van der Waals surface area contributed by atoms with Crippen LogP contribution in [0.1, 0.15) is 48.7 Å². The average molecular weight is 427 g/mol. The molecule has 0 unspecified atom stereocenters.